The first-order chi connectivity index (χ1) is 12.0. The monoisotopic (exact) mass is 347 g/mol. The van der Waals surface area contributed by atoms with Gasteiger partial charge in [-0.15, -0.1) is 0 Å². The van der Waals surface area contributed by atoms with E-state index >= 15 is 0 Å². The second-order valence-corrected chi connectivity index (χ2v) is 5.98. The number of aryl methyl sites for hydroxylation is 1. The van der Waals surface area contributed by atoms with E-state index in [0.29, 0.717) is 18.0 Å². The van der Waals surface area contributed by atoms with Crippen LogP contribution in [0.5, 0.6) is 11.5 Å². The Morgan fingerprint density at radius 2 is 1.84 bits per heavy atom. The molecular weight excluding hydrogens is 328 g/mol. The number of hydrogen-bond acceptors (Lipinski definition) is 3. The van der Waals surface area contributed by atoms with Crippen LogP contribution in [-0.2, 0) is 6.42 Å². The molecule has 6 heteroatoms. The number of benzene rings is 2. The van der Waals surface area contributed by atoms with Crippen molar-refractivity contribution in [3.05, 3.63) is 58.7 Å². The molecule has 4 nitrogen and oxygen atoms in total. The molecule has 1 aliphatic rings. The molecule has 0 spiro atoms. The zero-order valence-corrected chi connectivity index (χ0v) is 14.1. The van der Waals surface area contributed by atoms with Gasteiger partial charge in [0.25, 0.3) is 5.91 Å². The van der Waals surface area contributed by atoms with Gasteiger partial charge in [0.05, 0.1) is 14.2 Å². The third-order valence-electron chi connectivity index (χ3n) is 4.54. The fraction of sp³-hybridized carbons (Fsp3) is 0.316. The maximum atomic E-state index is 13.3. The van der Waals surface area contributed by atoms with Gasteiger partial charge in [-0.1, -0.05) is 0 Å². The Balaban J connectivity index is 1.71. The predicted molar refractivity (Wildman–Crippen MR) is 89.3 cm³/mol. The van der Waals surface area contributed by atoms with Gasteiger partial charge >= 0.3 is 0 Å². The number of carbonyl (C=O) groups is 1. The Bertz CT molecular complexity index is 807. The molecule has 0 saturated carbocycles. The number of fused-ring (bicyclic) bond motifs is 1. The number of nitrogens with one attached hydrogen (secondary N) is 1. The van der Waals surface area contributed by atoms with Crippen molar-refractivity contribution in [3.8, 4) is 11.5 Å². The van der Waals surface area contributed by atoms with Crippen LogP contribution in [0.2, 0.25) is 0 Å². The summed E-state index contributed by atoms with van der Waals surface area (Å²) < 4.78 is 36.9. The van der Waals surface area contributed by atoms with Gasteiger partial charge in [-0.2, -0.15) is 0 Å². The molecule has 1 N–H and O–H groups in total. The Morgan fingerprint density at radius 3 is 2.52 bits per heavy atom. The van der Waals surface area contributed by atoms with E-state index in [1.807, 2.05) is 12.1 Å². The molecule has 1 amide bonds. The van der Waals surface area contributed by atoms with E-state index in [1.54, 1.807) is 14.2 Å². The molecule has 1 aliphatic carbocycles. The standard InChI is InChI=1S/C19H19F2NO3/c1-24-17-8-11-3-4-13(14(11)9-18(17)25-2)10-22-19(23)12-5-6-15(20)16(21)7-12/h5-9,13H,3-4,10H2,1-2H3,(H,22,23). The fourth-order valence-electron chi connectivity index (χ4n) is 3.19. The molecule has 1 unspecified atom stereocenters. The fourth-order valence-corrected chi connectivity index (χ4v) is 3.19. The van der Waals surface area contributed by atoms with E-state index in [4.69, 9.17) is 9.47 Å². The maximum Gasteiger partial charge on any atom is 0.251 e. The average molecular weight is 347 g/mol. The largest absolute Gasteiger partial charge is 0.493 e. The zero-order chi connectivity index (χ0) is 18.0. The van der Waals surface area contributed by atoms with Crippen molar-refractivity contribution in [2.45, 2.75) is 18.8 Å². The lowest BCUT2D eigenvalue weighted by atomic mass is 10.0. The zero-order valence-electron chi connectivity index (χ0n) is 14.1. The molecule has 3 rings (SSSR count). The first-order valence-electron chi connectivity index (χ1n) is 8.01. The van der Waals surface area contributed by atoms with Crippen molar-refractivity contribution < 1.29 is 23.0 Å². The van der Waals surface area contributed by atoms with E-state index in [0.717, 1.165) is 30.5 Å². The van der Waals surface area contributed by atoms with Crippen molar-refractivity contribution in [3.63, 3.8) is 0 Å². The lowest BCUT2D eigenvalue weighted by Gasteiger charge is -2.15. The predicted octanol–water partition coefficient (Wildman–Crippen LogP) is 3.44. The molecule has 0 fully saturated rings. The van der Waals surface area contributed by atoms with Gasteiger partial charge < -0.3 is 14.8 Å². The van der Waals surface area contributed by atoms with Crippen LogP contribution >= 0.6 is 0 Å². The van der Waals surface area contributed by atoms with E-state index in [9.17, 15) is 13.6 Å². The molecule has 0 radical (unpaired) electrons. The van der Waals surface area contributed by atoms with Crippen molar-refractivity contribution >= 4 is 5.91 Å². The Hall–Kier alpha value is -2.63. The van der Waals surface area contributed by atoms with Crippen LogP contribution in [0, 0.1) is 11.6 Å². The summed E-state index contributed by atoms with van der Waals surface area (Å²) in [6, 6.07) is 7.03. The number of methoxy groups -OCH3 is 2. The third kappa shape index (κ3) is 3.43. The van der Waals surface area contributed by atoms with Crippen molar-refractivity contribution in [1.82, 2.24) is 5.32 Å². The van der Waals surface area contributed by atoms with E-state index in [1.165, 1.54) is 11.6 Å². The highest BCUT2D eigenvalue weighted by Crippen LogP contribution is 2.40. The molecule has 1 atom stereocenters. The van der Waals surface area contributed by atoms with Crippen LogP contribution in [-0.4, -0.2) is 26.7 Å². The summed E-state index contributed by atoms with van der Waals surface area (Å²) in [5.74, 6) is -0.942. The molecule has 132 valence electrons. The minimum Gasteiger partial charge on any atom is -0.493 e. The smallest absolute Gasteiger partial charge is 0.251 e. The lowest BCUT2D eigenvalue weighted by molar-refractivity contribution is 0.0950. The second-order valence-electron chi connectivity index (χ2n) is 5.98. The topological polar surface area (TPSA) is 47.6 Å². The number of rotatable bonds is 5. The molecule has 0 aliphatic heterocycles. The molecule has 0 saturated heterocycles. The summed E-state index contributed by atoms with van der Waals surface area (Å²) in [6.45, 7) is 0.417. The summed E-state index contributed by atoms with van der Waals surface area (Å²) in [6.07, 6.45) is 1.78. The Labute approximate surface area is 144 Å². The summed E-state index contributed by atoms with van der Waals surface area (Å²) in [5, 5.41) is 2.79. The molecular formula is C19H19F2NO3. The Kier molecular flexibility index (Phi) is 4.88. The number of amides is 1. The van der Waals surface area contributed by atoms with Crippen LogP contribution < -0.4 is 14.8 Å². The van der Waals surface area contributed by atoms with Gasteiger partial charge in [-0.05, 0) is 54.3 Å². The second kappa shape index (κ2) is 7.09. The average Bonchev–Trinajstić information content (AvgIpc) is 3.02. The molecule has 25 heavy (non-hydrogen) atoms. The molecule has 0 heterocycles. The summed E-state index contributed by atoms with van der Waals surface area (Å²) in [5.41, 5.74) is 2.39. The highest BCUT2D eigenvalue weighted by Gasteiger charge is 2.25. The normalized spacial score (nSPS) is 15.6. The van der Waals surface area contributed by atoms with Crippen molar-refractivity contribution in [2.24, 2.45) is 0 Å². The van der Waals surface area contributed by atoms with Gasteiger partial charge in [-0.25, -0.2) is 8.78 Å². The van der Waals surface area contributed by atoms with Crippen molar-refractivity contribution in [1.29, 1.82) is 0 Å². The summed E-state index contributed by atoms with van der Waals surface area (Å²) in [4.78, 5) is 12.2. The number of halogens is 2. The van der Waals surface area contributed by atoms with Gasteiger partial charge in [0.2, 0.25) is 0 Å². The minimum absolute atomic E-state index is 0.101. The van der Waals surface area contributed by atoms with E-state index in [2.05, 4.69) is 5.32 Å². The molecule has 0 aromatic heterocycles. The van der Waals surface area contributed by atoms with Crippen LogP contribution in [0.1, 0.15) is 33.8 Å². The van der Waals surface area contributed by atoms with Crippen LogP contribution in [0.25, 0.3) is 0 Å². The van der Waals surface area contributed by atoms with Gasteiger partial charge in [0.1, 0.15) is 0 Å². The van der Waals surface area contributed by atoms with Crippen molar-refractivity contribution in [2.75, 3.05) is 20.8 Å². The highest BCUT2D eigenvalue weighted by atomic mass is 19.2. The maximum absolute atomic E-state index is 13.3. The third-order valence-corrected chi connectivity index (χ3v) is 4.54. The van der Waals surface area contributed by atoms with Gasteiger partial charge in [0, 0.05) is 18.0 Å². The quantitative estimate of drug-likeness (QED) is 0.901. The lowest BCUT2D eigenvalue weighted by Crippen LogP contribution is -2.27. The van der Waals surface area contributed by atoms with Crippen LogP contribution in [0.15, 0.2) is 30.3 Å². The Morgan fingerprint density at radius 1 is 1.12 bits per heavy atom. The first-order valence-corrected chi connectivity index (χ1v) is 8.01. The minimum atomic E-state index is -1.03. The van der Waals surface area contributed by atoms with Gasteiger partial charge in [0.15, 0.2) is 23.1 Å². The van der Waals surface area contributed by atoms with E-state index in [-0.39, 0.29) is 11.5 Å². The summed E-state index contributed by atoms with van der Waals surface area (Å²) >= 11 is 0. The number of ether oxygens (including phenoxy) is 2. The van der Waals surface area contributed by atoms with Crippen LogP contribution in [0.4, 0.5) is 8.78 Å². The number of carbonyl (C=O) groups excluding carboxylic acids is 1. The number of hydrogen-bond donors (Lipinski definition) is 1. The van der Waals surface area contributed by atoms with Gasteiger partial charge in [-0.3, -0.25) is 4.79 Å². The summed E-state index contributed by atoms with van der Waals surface area (Å²) in [7, 11) is 3.18. The van der Waals surface area contributed by atoms with Crippen LogP contribution in [0.3, 0.4) is 0 Å². The first kappa shape index (κ1) is 17.2. The molecule has 2 aromatic carbocycles. The molecule has 2 aromatic rings. The SMILES string of the molecule is COc1cc2c(cc1OC)C(CNC(=O)c1ccc(F)c(F)c1)CC2. The highest BCUT2D eigenvalue weighted by molar-refractivity contribution is 5.94. The molecule has 0 bridgehead atoms. The van der Waals surface area contributed by atoms with E-state index < -0.39 is 17.5 Å².